The summed E-state index contributed by atoms with van der Waals surface area (Å²) in [7, 11) is 0. The molecule has 0 saturated carbocycles. The minimum Gasteiger partial charge on any atom is -0.309 e. The summed E-state index contributed by atoms with van der Waals surface area (Å²) in [6.07, 6.45) is 0. The quantitative estimate of drug-likeness (QED) is 0.188. The van der Waals surface area contributed by atoms with Crippen molar-refractivity contribution in [2.45, 2.75) is 0 Å². The fourth-order valence-electron chi connectivity index (χ4n) is 7.39. The first-order valence-corrected chi connectivity index (χ1v) is 16.8. The van der Waals surface area contributed by atoms with Crippen LogP contribution in [0.25, 0.3) is 89.2 Å². The second-order valence-electron chi connectivity index (χ2n) is 12.5. The molecule has 3 heterocycles. The standard InChI is InChI=1S/C45H29N5/c1-5-17-30(18-6-1)43-46-44(31-19-7-2-8-20-31)48-45(47-43)37-29-36-34-25-13-15-27-38(34)49(32-21-9-3-10-22-32)41(36)40-35-26-14-16-28-39(35)50(42(37)40)33-23-11-4-12-24-33/h1-29H. The van der Waals surface area contributed by atoms with Gasteiger partial charge in [0.15, 0.2) is 17.5 Å². The van der Waals surface area contributed by atoms with Crippen LogP contribution in [0.15, 0.2) is 176 Å². The molecular weight excluding hydrogens is 611 g/mol. The predicted octanol–water partition coefficient (Wildman–Crippen LogP) is 11.1. The maximum absolute atomic E-state index is 5.26. The van der Waals surface area contributed by atoms with Crippen LogP contribution in [0.2, 0.25) is 0 Å². The van der Waals surface area contributed by atoms with Crippen LogP contribution in [-0.2, 0) is 0 Å². The SMILES string of the molecule is c1ccc(-c2nc(-c3ccccc3)nc(-c3cc4c5ccccc5n(-c5ccccc5)c4c4c5ccccc5n(-c5ccccc5)c34)n2)cc1. The van der Waals surface area contributed by atoms with Gasteiger partial charge in [0.2, 0.25) is 0 Å². The molecule has 0 spiro atoms. The van der Waals surface area contributed by atoms with E-state index in [2.05, 4.69) is 149 Å². The lowest BCUT2D eigenvalue weighted by Crippen LogP contribution is -2.02. The number of para-hydroxylation sites is 4. The van der Waals surface area contributed by atoms with Crippen molar-refractivity contribution in [2.24, 2.45) is 0 Å². The van der Waals surface area contributed by atoms with Crippen LogP contribution in [0.5, 0.6) is 0 Å². The van der Waals surface area contributed by atoms with Gasteiger partial charge in [0, 0.05) is 49.6 Å². The second kappa shape index (κ2) is 11.4. The molecule has 0 unspecified atom stereocenters. The van der Waals surface area contributed by atoms with Crippen LogP contribution in [-0.4, -0.2) is 24.1 Å². The lowest BCUT2D eigenvalue weighted by atomic mass is 10.0. The molecule has 0 aliphatic rings. The first-order chi connectivity index (χ1) is 24.8. The zero-order chi connectivity index (χ0) is 33.0. The molecule has 0 N–H and O–H groups in total. The van der Waals surface area contributed by atoms with E-state index in [0.717, 1.165) is 60.9 Å². The third-order valence-electron chi connectivity index (χ3n) is 9.54. The Labute approximate surface area is 288 Å². The smallest absolute Gasteiger partial charge is 0.166 e. The molecule has 0 aliphatic carbocycles. The summed E-state index contributed by atoms with van der Waals surface area (Å²) in [5.41, 5.74) is 9.48. The first kappa shape index (κ1) is 28.2. The van der Waals surface area contributed by atoms with Gasteiger partial charge in [-0.25, -0.2) is 15.0 Å². The summed E-state index contributed by atoms with van der Waals surface area (Å²) >= 11 is 0. The van der Waals surface area contributed by atoms with Gasteiger partial charge >= 0.3 is 0 Å². The van der Waals surface area contributed by atoms with Gasteiger partial charge in [0.1, 0.15) is 0 Å². The number of benzene rings is 7. The van der Waals surface area contributed by atoms with Crippen molar-refractivity contribution in [3.63, 3.8) is 0 Å². The molecule has 0 amide bonds. The molecule has 10 aromatic rings. The highest BCUT2D eigenvalue weighted by Crippen LogP contribution is 2.46. The fraction of sp³-hybridized carbons (Fsp3) is 0. The third-order valence-corrected chi connectivity index (χ3v) is 9.54. The van der Waals surface area contributed by atoms with Crippen LogP contribution in [0.1, 0.15) is 0 Å². The van der Waals surface area contributed by atoms with E-state index in [1.54, 1.807) is 0 Å². The van der Waals surface area contributed by atoms with Crippen molar-refractivity contribution >= 4 is 43.6 Å². The van der Waals surface area contributed by atoms with E-state index in [4.69, 9.17) is 15.0 Å². The minimum absolute atomic E-state index is 0.626. The summed E-state index contributed by atoms with van der Waals surface area (Å²) in [6, 6.07) is 61.3. The van der Waals surface area contributed by atoms with Gasteiger partial charge in [0.05, 0.1) is 22.1 Å². The highest BCUT2D eigenvalue weighted by atomic mass is 15.1. The number of hydrogen-bond acceptors (Lipinski definition) is 3. The molecule has 3 aromatic heterocycles. The summed E-state index contributed by atoms with van der Waals surface area (Å²) in [5, 5.41) is 4.64. The summed E-state index contributed by atoms with van der Waals surface area (Å²) in [6.45, 7) is 0. The van der Waals surface area contributed by atoms with Crippen LogP contribution >= 0.6 is 0 Å². The Morgan fingerprint density at radius 2 is 0.760 bits per heavy atom. The number of rotatable bonds is 5. The average Bonchev–Trinajstić information content (AvgIpc) is 3.72. The van der Waals surface area contributed by atoms with Gasteiger partial charge in [0.25, 0.3) is 0 Å². The van der Waals surface area contributed by atoms with E-state index in [9.17, 15) is 0 Å². The van der Waals surface area contributed by atoms with E-state index in [1.165, 1.54) is 10.8 Å². The van der Waals surface area contributed by atoms with Gasteiger partial charge < -0.3 is 9.13 Å². The Morgan fingerprint density at radius 3 is 1.32 bits per heavy atom. The Balaban J connectivity index is 1.44. The molecule has 0 aliphatic heterocycles. The van der Waals surface area contributed by atoms with Crippen LogP contribution < -0.4 is 0 Å². The van der Waals surface area contributed by atoms with E-state index in [-0.39, 0.29) is 0 Å². The Kier molecular flexibility index (Phi) is 6.42. The minimum atomic E-state index is 0.626. The van der Waals surface area contributed by atoms with Gasteiger partial charge in [-0.2, -0.15) is 0 Å². The zero-order valence-corrected chi connectivity index (χ0v) is 27.0. The van der Waals surface area contributed by atoms with E-state index in [1.807, 2.05) is 36.4 Å². The highest BCUT2D eigenvalue weighted by molar-refractivity contribution is 6.29. The van der Waals surface area contributed by atoms with E-state index >= 15 is 0 Å². The first-order valence-electron chi connectivity index (χ1n) is 16.8. The lowest BCUT2D eigenvalue weighted by molar-refractivity contribution is 1.07. The molecule has 0 bridgehead atoms. The molecule has 0 atom stereocenters. The number of fused-ring (bicyclic) bond motifs is 7. The van der Waals surface area contributed by atoms with Gasteiger partial charge in [-0.05, 0) is 42.5 Å². The number of aromatic nitrogens is 5. The molecule has 0 radical (unpaired) electrons. The molecule has 234 valence electrons. The van der Waals surface area contributed by atoms with Gasteiger partial charge in [-0.1, -0.05) is 133 Å². The molecule has 5 heteroatoms. The lowest BCUT2D eigenvalue weighted by Gasteiger charge is -2.14. The Bertz CT molecular complexity index is 2780. The largest absolute Gasteiger partial charge is 0.309 e. The number of nitrogens with zero attached hydrogens (tertiary/aromatic N) is 5. The molecule has 10 rings (SSSR count). The summed E-state index contributed by atoms with van der Waals surface area (Å²) in [5.74, 6) is 1.90. The van der Waals surface area contributed by atoms with E-state index < -0.39 is 0 Å². The maximum atomic E-state index is 5.26. The molecular formula is C45H29N5. The van der Waals surface area contributed by atoms with Gasteiger partial charge in [-0.15, -0.1) is 0 Å². The van der Waals surface area contributed by atoms with Crippen LogP contribution in [0, 0.1) is 0 Å². The van der Waals surface area contributed by atoms with E-state index in [0.29, 0.717) is 17.5 Å². The van der Waals surface area contributed by atoms with Crippen molar-refractivity contribution in [1.82, 2.24) is 24.1 Å². The van der Waals surface area contributed by atoms with Crippen molar-refractivity contribution in [2.75, 3.05) is 0 Å². The Hall–Kier alpha value is -6.85. The fourth-order valence-corrected chi connectivity index (χ4v) is 7.39. The monoisotopic (exact) mass is 639 g/mol. The average molecular weight is 640 g/mol. The Morgan fingerprint density at radius 1 is 0.340 bits per heavy atom. The maximum Gasteiger partial charge on any atom is 0.166 e. The summed E-state index contributed by atoms with van der Waals surface area (Å²) in [4.78, 5) is 15.6. The second-order valence-corrected chi connectivity index (χ2v) is 12.5. The zero-order valence-electron chi connectivity index (χ0n) is 27.0. The van der Waals surface area contributed by atoms with Crippen LogP contribution in [0.4, 0.5) is 0 Å². The van der Waals surface area contributed by atoms with Gasteiger partial charge in [-0.3, -0.25) is 0 Å². The summed E-state index contributed by atoms with van der Waals surface area (Å²) < 4.78 is 4.79. The molecule has 50 heavy (non-hydrogen) atoms. The number of hydrogen-bond donors (Lipinski definition) is 0. The third kappa shape index (κ3) is 4.37. The van der Waals surface area contributed by atoms with Crippen molar-refractivity contribution in [3.05, 3.63) is 176 Å². The van der Waals surface area contributed by atoms with Crippen LogP contribution in [0.3, 0.4) is 0 Å². The molecule has 7 aromatic carbocycles. The molecule has 0 saturated heterocycles. The molecule has 5 nitrogen and oxygen atoms in total. The predicted molar refractivity (Wildman–Crippen MR) is 205 cm³/mol. The highest BCUT2D eigenvalue weighted by Gasteiger charge is 2.26. The molecule has 0 fully saturated rings. The normalized spacial score (nSPS) is 11.6. The van der Waals surface area contributed by atoms with Crippen molar-refractivity contribution in [1.29, 1.82) is 0 Å². The topological polar surface area (TPSA) is 48.5 Å². The van der Waals surface area contributed by atoms with Crippen molar-refractivity contribution in [3.8, 4) is 45.5 Å². The van der Waals surface area contributed by atoms with Crippen molar-refractivity contribution < 1.29 is 0 Å².